The number of hydrogen-bond donors (Lipinski definition) is 1. The predicted octanol–water partition coefficient (Wildman–Crippen LogP) is 1.40. The van der Waals surface area contributed by atoms with Crippen LogP contribution in [-0.2, 0) is 9.53 Å². The maximum absolute atomic E-state index is 12.4. The van der Waals surface area contributed by atoms with Crippen LogP contribution < -0.4 is 0 Å². The summed E-state index contributed by atoms with van der Waals surface area (Å²) >= 11 is 0. The number of hydrogen-bond acceptors (Lipinski definition) is 3. The lowest BCUT2D eigenvalue weighted by Crippen LogP contribution is -2.61. The van der Waals surface area contributed by atoms with Gasteiger partial charge in [-0.25, -0.2) is 9.59 Å². The fraction of sp³-hybridized carbons (Fsp3) is 0.846. The zero-order valence-corrected chi connectivity index (χ0v) is 12.6. The number of carbonyl (C=O) groups excluding carboxylic acids is 1. The van der Waals surface area contributed by atoms with Crippen LogP contribution in [0.3, 0.4) is 0 Å². The second-order valence-corrected chi connectivity index (χ2v) is 6.39. The SMILES string of the molecule is CC(C(=O)O)N(C)C(=O)N1CC(C)(C)OC(C)(C)C1. The van der Waals surface area contributed by atoms with Gasteiger partial charge in [0, 0.05) is 7.05 Å². The molecule has 2 amide bonds. The first-order chi connectivity index (χ1) is 8.45. The minimum Gasteiger partial charge on any atom is -0.480 e. The number of carboxylic acid groups (broad SMARTS) is 1. The van der Waals surface area contributed by atoms with E-state index in [1.807, 2.05) is 27.7 Å². The summed E-state index contributed by atoms with van der Waals surface area (Å²) in [5, 5.41) is 8.97. The van der Waals surface area contributed by atoms with Crippen LogP contribution in [0, 0.1) is 0 Å². The number of amides is 2. The molecule has 0 aliphatic carbocycles. The molecule has 6 heteroatoms. The van der Waals surface area contributed by atoms with E-state index < -0.39 is 23.2 Å². The van der Waals surface area contributed by atoms with Crippen molar-refractivity contribution in [3.05, 3.63) is 0 Å². The first kappa shape index (κ1) is 15.8. The van der Waals surface area contributed by atoms with E-state index in [9.17, 15) is 9.59 Å². The lowest BCUT2D eigenvalue weighted by molar-refractivity contribution is -0.172. The standard InChI is InChI=1S/C13H24N2O4/c1-9(10(16)17)14(6)11(18)15-7-12(2,3)19-13(4,5)8-15/h9H,7-8H2,1-6H3,(H,16,17). The van der Waals surface area contributed by atoms with Crippen molar-refractivity contribution in [2.75, 3.05) is 20.1 Å². The van der Waals surface area contributed by atoms with Crippen LogP contribution in [0.15, 0.2) is 0 Å². The Hall–Kier alpha value is -1.30. The largest absolute Gasteiger partial charge is 0.480 e. The highest BCUT2D eigenvalue weighted by Gasteiger charge is 2.41. The van der Waals surface area contributed by atoms with Crippen LogP contribution in [0.2, 0.25) is 0 Å². The van der Waals surface area contributed by atoms with Gasteiger partial charge >= 0.3 is 12.0 Å². The number of carboxylic acids is 1. The zero-order chi connectivity index (χ0) is 15.0. The third-order valence-corrected chi connectivity index (χ3v) is 3.21. The van der Waals surface area contributed by atoms with E-state index in [1.165, 1.54) is 18.9 Å². The average Bonchev–Trinajstić information content (AvgIpc) is 2.21. The Morgan fingerprint density at radius 2 is 1.63 bits per heavy atom. The molecule has 1 aliphatic heterocycles. The number of rotatable bonds is 2. The maximum Gasteiger partial charge on any atom is 0.326 e. The molecule has 0 spiro atoms. The minimum atomic E-state index is -1.01. The highest BCUT2D eigenvalue weighted by molar-refractivity contribution is 5.82. The van der Waals surface area contributed by atoms with Gasteiger partial charge in [-0.1, -0.05) is 0 Å². The van der Waals surface area contributed by atoms with Gasteiger partial charge in [-0.05, 0) is 34.6 Å². The summed E-state index contributed by atoms with van der Waals surface area (Å²) in [4.78, 5) is 26.2. The molecule has 110 valence electrons. The van der Waals surface area contributed by atoms with Gasteiger partial charge in [-0.15, -0.1) is 0 Å². The van der Waals surface area contributed by atoms with Gasteiger partial charge in [0.05, 0.1) is 24.3 Å². The monoisotopic (exact) mass is 272 g/mol. The molecule has 0 saturated carbocycles. The van der Waals surface area contributed by atoms with Crippen LogP contribution in [0.25, 0.3) is 0 Å². The molecule has 1 atom stereocenters. The lowest BCUT2D eigenvalue weighted by Gasteiger charge is -2.48. The molecule has 0 aromatic heterocycles. The molecule has 0 aromatic rings. The Morgan fingerprint density at radius 3 is 2.00 bits per heavy atom. The summed E-state index contributed by atoms with van der Waals surface area (Å²) in [5.41, 5.74) is -0.880. The van der Waals surface area contributed by atoms with E-state index in [2.05, 4.69) is 0 Å². The predicted molar refractivity (Wildman–Crippen MR) is 71.1 cm³/mol. The van der Waals surface area contributed by atoms with E-state index in [0.29, 0.717) is 13.1 Å². The number of likely N-dealkylation sites (N-methyl/N-ethyl adjacent to an activating group) is 1. The van der Waals surface area contributed by atoms with Gasteiger partial charge in [0.25, 0.3) is 0 Å². The van der Waals surface area contributed by atoms with Gasteiger partial charge in [-0.3, -0.25) is 0 Å². The van der Waals surface area contributed by atoms with E-state index in [0.717, 1.165) is 0 Å². The van der Waals surface area contributed by atoms with E-state index in [-0.39, 0.29) is 6.03 Å². The number of aliphatic carboxylic acids is 1. The Balaban J connectivity index is 2.84. The topological polar surface area (TPSA) is 70.1 Å². The van der Waals surface area contributed by atoms with Crippen molar-refractivity contribution in [1.29, 1.82) is 0 Å². The quantitative estimate of drug-likeness (QED) is 0.825. The number of carbonyl (C=O) groups is 2. The second kappa shape index (κ2) is 5.00. The molecule has 6 nitrogen and oxygen atoms in total. The van der Waals surface area contributed by atoms with Crippen molar-refractivity contribution in [2.24, 2.45) is 0 Å². The summed E-state index contributed by atoms with van der Waals surface area (Å²) in [7, 11) is 1.51. The Morgan fingerprint density at radius 1 is 1.21 bits per heavy atom. The normalized spacial score (nSPS) is 22.7. The Bertz CT molecular complexity index is 363. The number of morpholine rings is 1. The van der Waals surface area contributed by atoms with Crippen molar-refractivity contribution in [1.82, 2.24) is 9.80 Å². The summed E-state index contributed by atoms with van der Waals surface area (Å²) in [6, 6.07) is -1.12. The Kier molecular flexibility index (Phi) is 4.14. The van der Waals surface area contributed by atoms with Crippen molar-refractivity contribution in [3.63, 3.8) is 0 Å². The zero-order valence-electron chi connectivity index (χ0n) is 12.6. The molecular formula is C13H24N2O4. The molecule has 1 fully saturated rings. The number of ether oxygens (including phenoxy) is 1. The minimum absolute atomic E-state index is 0.278. The first-order valence-corrected chi connectivity index (χ1v) is 6.40. The molecule has 19 heavy (non-hydrogen) atoms. The first-order valence-electron chi connectivity index (χ1n) is 6.40. The van der Waals surface area contributed by atoms with Crippen LogP contribution in [0.4, 0.5) is 4.79 Å². The van der Waals surface area contributed by atoms with Gasteiger partial charge in [0.2, 0.25) is 0 Å². The Labute approximate surface area is 114 Å². The molecule has 1 saturated heterocycles. The fourth-order valence-corrected chi connectivity index (χ4v) is 2.48. The van der Waals surface area contributed by atoms with E-state index in [4.69, 9.17) is 9.84 Å². The van der Waals surface area contributed by atoms with Crippen molar-refractivity contribution in [3.8, 4) is 0 Å². The summed E-state index contributed by atoms with van der Waals surface area (Å²) in [6.07, 6.45) is 0. The molecule has 0 radical (unpaired) electrons. The van der Waals surface area contributed by atoms with Crippen molar-refractivity contribution < 1.29 is 19.4 Å². The molecule has 0 bridgehead atoms. The fourth-order valence-electron chi connectivity index (χ4n) is 2.48. The third-order valence-electron chi connectivity index (χ3n) is 3.21. The van der Waals surface area contributed by atoms with Gasteiger partial charge in [0.15, 0.2) is 0 Å². The number of urea groups is 1. The summed E-state index contributed by atoms with van der Waals surface area (Å²) in [6.45, 7) is 10.1. The van der Waals surface area contributed by atoms with E-state index in [1.54, 1.807) is 4.90 Å². The molecule has 1 heterocycles. The van der Waals surface area contributed by atoms with Crippen molar-refractivity contribution >= 4 is 12.0 Å². The third kappa shape index (κ3) is 3.83. The highest BCUT2D eigenvalue weighted by atomic mass is 16.5. The van der Waals surface area contributed by atoms with Crippen LogP contribution >= 0.6 is 0 Å². The highest BCUT2D eigenvalue weighted by Crippen LogP contribution is 2.28. The number of nitrogens with zero attached hydrogens (tertiary/aromatic N) is 2. The van der Waals surface area contributed by atoms with Gasteiger partial charge < -0.3 is 19.6 Å². The lowest BCUT2D eigenvalue weighted by atomic mass is 9.99. The molecule has 1 N–H and O–H groups in total. The van der Waals surface area contributed by atoms with Gasteiger partial charge in [-0.2, -0.15) is 0 Å². The summed E-state index contributed by atoms with van der Waals surface area (Å²) in [5.74, 6) is -1.01. The van der Waals surface area contributed by atoms with Crippen LogP contribution in [-0.4, -0.2) is 64.3 Å². The smallest absolute Gasteiger partial charge is 0.326 e. The molecule has 1 aliphatic rings. The molecule has 1 rings (SSSR count). The van der Waals surface area contributed by atoms with Crippen LogP contribution in [0.5, 0.6) is 0 Å². The molecule has 0 aromatic carbocycles. The molecular weight excluding hydrogens is 248 g/mol. The average molecular weight is 272 g/mol. The molecule has 1 unspecified atom stereocenters. The van der Waals surface area contributed by atoms with Crippen molar-refractivity contribution in [2.45, 2.75) is 51.9 Å². The van der Waals surface area contributed by atoms with Crippen LogP contribution in [0.1, 0.15) is 34.6 Å². The summed E-state index contributed by atoms with van der Waals surface area (Å²) < 4.78 is 5.90. The second-order valence-electron chi connectivity index (χ2n) is 6.39. The van der Waals surface area contributed by atoms with E-state index >= 15 is 0 Å². The maximum atomic E-state index is 12.4. The van der Waals surface area contributed by atoms with Gasteiger partial charge in [0.1, 0.15) is 6.04 Å².